The van der Waals surface area contributed by atoms with E-state index in [1.54, 1.807) is 6.20 Å². The summed E-state index contributed by atoms with van der Waals surface area (Å²) >= 11 is 6.14. The zero-order chi connectivity index (χ0) is 15.8. The van der Waals surface area contributed by atoms with Gasteiger partial charge in [0.1, 0.15) is 5.02 Å². The van der Waals surface area contributed by atoms with Crippen molar-refractivity contribution in [2.75, 3.05) is 30.3 Å². The minimum Gasteiger partial charge on any atom is -0.367 e. The third kappa shape index (κ3) is 6.06. The van der Waals surface area contributed by atoms with Crippen molar-refractivity contribution in [1.82, 2.24) is 14.9 Å². The summed E-state index contributed by atoms with van der Waals surface area (Å²) in [5.74, 6) is 1.31. The Morgan fingerprint density at radius 2 is 1.81 bits per heavy atom. The van der Waals surface area contributed by atoms with Gasteiger partial charge in [0.2, 0.25) is 5.95 Å². The van der Waals surface area contributed by atoms with Crippen molar-refractivity contribution in [3.05, 3.63) is 11.2 Å². The summed E-state index contributed by atoms with van der Waals surface area (Å²) in [6.45, 7) is 13.6. The largest absolute Gasteiger partial charge is 0.367 e. The first kappa shape index (κ1) is 18.0. The van der Waals surface area contributed by atoms with Crippen LogP contribution in [0.4, 0.5) is 11.8 Å². The minimum atomic E-state index is 0.523. The summed E-state index contributed by atoms with van der Waals surface area (Å²) in [6.07, 6.45) is 2.67. The molecule has 0 aliphatic rings. The van der Waals surface area contributed by atoms with Gasteiger partial charge in [0.25, 0.3) is 0 Å². The van der Waals surface area contributed by atoms with Gasteiger partial charge < -0.3 is 10.6 Å². The molecule has 0 aliphatic carbocycles. The average molecular weight is 314 g/mol. The summed E-state index contributed by atoms with van der Waals surface area (Å²) in [6, 6.07) is 1.05. The number of aromatic nitrogens is 2. The van der Waals surface area contributed by atoms with Crippen LogP contribution in [0.2, 0.25) is 5.02 Å². The Hall–Kier alpha value is -1.07. The molecule has 0 amide bonds. The van der Waals surface area contributed by atoms with E-state index in [9.17, 15) is 0 Å². The molecule has 2 N–H and O–H groups in total. The van der Waals surface area contributed by atoms with Gasteiger partial charge in [-0.3, -0.25) is 4.90 Å². The molecule has 0 spiro atoms. The van der Waals surface area contributed by atoms with Crippen molar-refractivity contribution in [2.45, 2.75) is 53.1 Å². The van der Waals surface area contributed by atoms with E-state index in [0.717, 1.165) is 26.1 Å². The molecule has 6 heteroatoms. The van der Waals surface area contributed by atoms with E-state index >= 15 is 0 Å². The Balaban J connectivity index is 2.57. The molecule has 0 atom stereocenters. The standard InChI is InChI=1S/C15H28ClN5/c1-6-7-18-15-19-10-13(16)14(20-15)17-8-9-21(11(2)3)12(4)5/h10-12H,6-9H2,1-5H3,(H2,17,18,19,20). The molecular weight excluding hydrogens is 286 g/mol. The number of nitrogens with one attached hydrogen (secondary N) is 2. The lowest BCUT2D eigenvalue weighted by Gasteiger charge is -2.30. The molecule has 120 valence electrons. The average Bonchev–Trinajstić information content (AvgIpc) is 2.42. The van der Waals surface area contributed by atoms with Crippen LogP contribution >= 0.6 is 11.6 Å². The fourth-order valence-electron chi connectivity index (χ4n) is 2.23. The van der Waals surface area contributed by atoms with Crippen LogP contribution in [0.5, 0.6) is 0 Å². The number of rotatable bonds is 9. The van der Waals surface area contributed by atoms with Gasteiger partial charge in [-0.25, -0.2) is 4.98 Å². The summed E-state index contributed by atoms with van der Waals surface area (Å²) < 4.78 is 0. The monoisotopic (exact) mass is 313 g/mol. The van der Waals surface area contributed by atoms with Crippen molar-refractivity contribution in [3.8, 4) is 0 Å². The van der Waals surface area contributed by atoms with E-state index in [1.807, 2.05) is 0 Å². The van der Waals surface area contributed by atoms with Gasteiger partial charge in [0, 0.05) is 31.7 Å². The van der Waals surface area contributed by atoms with Crippen molar-refractivity contribution >= 4 is 23.4 Å². The van der Waals surface area contributed by atoms with Crippen LogP contribution in [0.25, 0.3) is 0 Å². The Morgan fingerprint density at radius 3 is 2.38 bits per heavy atom. The molecule has 21 heavy (non-hydrogen) atoms. The SMILES string of the molecule is CCCNc1ncc(Cl)c(NCCN(C(C)C)C(C)C)n1. The minimum absolute atomic E-state index is 0.523. The zero-order valence-corrected chi connectivity index (χ0v) is 14.5. The van der Waals surface area contributed by atoms with Crippen LogP contribution < -0.4 is 10.6 Å². The molecule has 0 saturated carbocycles. The number of hydrogen-bond donors (Lipinski definition) is 2. The third-order valence-corrected chi connectivity index (χ3v) is 3.54. The van der Waals surface area contributed by atoms with Gasteiger partial charge in [-0.1, -0.05) is 18.5 Å². The van der Waals surface area contributed by atoms with Crippen molar-refractivity contribution < 1.29 is 0 Å². The normalized spacial score (nSPS) is 11.5. The Labute approximate surface area is 133 Å². The van der Waals surface area contributed by atoms with Gasteiger partial charge in [0.05, 0.1) is 6.20 Å². The summed E-state index contributed by atoms with van der Waals surface area (Å²) in [7, 11) is 0. The first-order valence-corrected chi connectivity index (χ1v) is 8.09. The molecular formula is C15H28ClN5. The van der Waals surface area contributed by atoms with Gasteiger partial charge >= 0.3 is 0 Å². The summed E-state index contributed by atoms with van der Waals surface area (Å²) in [5.41, 5.74) is 0. The Kier molecular flexibility index (Phi) is 7.75. The van der Waals surface area contributed by atoms with Crippen LogP contribution in [-0.4, -0.2) is 46.6 Å². The molecule has 5 nitrogen and oxygen atoms in total. The molecule has 1 heterocycles. The quantitative estimate of drug-likeness (QED) is 0.731. The summed E-state index contributed by atoms with van der Waals surface area (Å²) in [4.78, 5) is 11.0. The van der Waals surface area contributed by atoms with Crippen LogP contribution in [0.15, 0.2) is 6.20 Å². The second-order valence-corrected chi connectivity index (χ2v) is 6.08. The van der Waals surface area contributed by atoms with Crippen LogP contribution in [0.3, 0.4) is 0 Å². The first-order valence-electron chi connectivity index (χ1n) is 7.71. The van der Waals surface area contributed by atoms with Crippen LogP contribution in [-0.2, 0) is 0 Å². The van der Waals surface area contributed by atoms with E-state index in [0.29, 0.717) is 28.9 Å². The smallest absolute Gasteiger partial charge is 0.224 e. The lowest BCUT2D eigenvalue weighted by Crippen LogP contribution is -2.40. The predicted molar refractivity (Wildman–Crippen MR) is 91.3 cm³/mol. The fourth-order valence-corrected chi connectivity index (χ4v) is 2.39. The maximum absolute atomic E-state index is 6.14. The second kappa shape index (κ2) is 9.05. The number of halogens is 1. The Bertz CT molecular complexity index is 415. The highest BCUT2D eigenvalue weighted by Gasteiger charge is 2.13. The molecule has 0 bridgehead atoms. The maximum Gasteiger partial charge on any atom is 0.224 e. The highest BCUT2D eigenvalue weighted by atomic mass is 35.5. The van der Waals surface area contributed by atoms with Gasteiger partial charge in [-0.15, -0.1) is 0 Å². The lowest BCUT2D eigenvalue weighted by atomic mass is 10.2. The number of hydrogen-bond acceptors (Lipinski definition) is 5. The van der Waals surface area contributed by atoms with Crippen molar-refractivity contribution in [1.29, 1.82) is 0 Å². The zero-order valence-electron chi connectivity index (χ0n) is 13.8. The summed E-state index contributed by atoms with van der Waals surface area (Å²) in [5, 5.41) is 7.02. The molecule has 0 aromatic carbocycles. The van der Waals surface area contributed by atoms with E-state index < -0.39 is 0 Å². The van der Waals surface area contributed by atoms with E-state index in [-0.39, 0.29) is 0 Å². The van der Waals surface area contributed by atoms with Crippen molar-refractivity contribution in [2.24, 2.45) is 0 Å². The van der Waals surface area contributed by atoms with Gasteiger partial charge in [0.15, 0.2) is 5.82 Å². The highest BCUT2D eigenvalue weighted by molar-refractivity contribution is 6.32. The predicted octanol–water partition coefficient (Wildman–Crippen LogP) is 3.48. The molecule has 1 aromatic rings. The fraction of sp³-hybridized carbons (Fsp3) is 0.733. The molecule has 0 saturated heterocycles. The van der Waals surface area contributed by atoms with Gasteiger partial charge in [-0.2, -0.15) is 4.98 Å². The Morgan fingerprint density at radius 1 is 1.14 bits per heavy atom. The van der Waals surface area contributed by atoms with Crippen LogP contribution in [0.1, 0.15) is 41.0 Å². The van der Waals surface area contributed by atoms with E-state index in [1.165, 1.54) is 0 Å². The topological polar surface area (TPSA) is 53.1 Å². The third-order valence-electron chi connectivity index (χ3n) is 3.27. The molecule has 0 unspecified atom stereocenters. The maximum atomic E-state index is 6.14. The second-order valence-electron chi connectivity index (χ2n) is 5.67. The molecule has 0 radical (unpaired) electrons. The van der Waals surface area contributed by atoms with Gasteiger partial charge in [-0.05, 0) is 34.1 Å². The lowest BCUT2D eigenvalue weighted by molar-refractivity contribution is 0.182. The van der Waals surface area contributed by atoms with Crippen molar-refractivity contribution in [3.63, 3.8) is 0 Å². The molecule has 1 aromatic heterocycles. The van der Waals surface area contributed by atoms with E-state index in [4.69, 9.17) is 11.6 Å². The molecule has 0 fully saturated rings. The number of nitrogens with zero attached hydrogens (tertiary/aromatic N) is 3. The first-order chi connectivity index (χ1) is 9.95. The van der Waals surface area contributed by atoms with E-state index in [2.05, 4.69) is 60.1 Å². The number of anilines is 2. The highest BCUT2D eigenvalue weighted by Crippen LogP contribution is 2.19. The van der Waals surface area contributed by atoms with Crippen LogP contribution in [0, 0.1) is 0 Å². The molecule has 1 rings (SSSR count). The molecule has 0 aliphatic heterocycles.